The summed E-state index contributed by atoms with van der Waals surface area (Å²) in [5.74, 6) is 0.325. The van der Waals surface area contributed by atoms with Crippen LogP contribution in [0, 0.1) is 6.92 Å². The minimum absolute atomic E-state index is 0. The summed E-state index contributed by atoms with van der Waals surface area (Å²) in [6.07, 6.45) is 0.982. The monoisotopic (exact) mass is 323 g/mol. The molecule has 0 unspecified atom stereocenters. The Hall–Kier alpha value is -1.71. The van der Waals surface area contributed by atoms with E-state index < -0.39 is 0 Å². The molecule has 0 fully saturated rings. The maximum absolute atomic E-state index is 6.10. The maximum atomic E-state index is 6.10. The van der Waals surface area contributed by atoms with Gasteiger partial charge in [-0.2, -0.15) is 0 Å². The first-order valence-electron chi connectivity index (χ1n) is 6.54. The van der Waals surface area contributed by atoms with Gasteiger partial charge in [0.25, 0.3) is 0 Å². The van der Waals surface area contributed by atoms with Gasteiger partial charge in [-0.1, -0.05) is 36.7 Å². The molecule has 2 rings (SSSR count). The molecule has 0 radical (unpaired) electrons. The molecule has 0 atom stereocenters. The first-order valence-corrected chi connectivity index (χ1v) is 6.92. The molecule has 3 N–H and O–H groups in total. The summed E-state index contributed by atoms with van der Waals surface area (Å²) in [6, 6.07) is 13.7. The van der Waals surface area contributed by atoms with Crippen LogP contribution >= 0.6 is 24.0 Å². The molecule has 2 aromatic rings. The molecule has 3 nitrogen and oxygen atoms in total. The van der Waals surface area contributed by atoms with Crippen molar-refractivity contribution in [3.63, 3.8) is 0 Å². The molecule has 2 aromatic carbocycles. The van der Waals surface area contributed by atoms with Crippen molar-refractivity contribution < 1.29 is 0 Å². The first-order chi connectivity index (χ1) is 9.58. The van der Waals surface area contributed by atoms with E-state index in [1.165, 1.54) is 5.56 Å². The van der Waals surface area contributed by atoms with Crippen LogP contribution in [0.5, 0.6) is 0 Å². The molecule has 5 heteroatoms. The lowest BCUT2D eigenvalue weighted by Crippen LogP contribution is -2.22. The highest BCUT2D eigenvalue weighted by atomic mass is 35.5. The zero-order valence-electron chi connectivity index (χ0n) is 12.1. The van der Waals surface area contributed by atoms with Crippen molar-refractivity contribution in [1.82, 2.24) is 0 Å². The second-order valence-corrected chi connectivity index (χ2v) is 5.04. The Morgan fingerprint density at radius 2 is 2.00 bits per heavy atom. The van der Waals surface area contributed by atoms with Gasteiger partial charge < -0.3 is 11.1 Å². The molecule has 0 aliphatic heterocycles. The van der Waals surface area contributed by atoms with Crippen molar-refractivity contribution >= 4 is 41.3 Å². The molecule has 0 saturated heterocycles. The third kappa shape index (κ3) is 4.96. The van der Waals surface area contributed by atoms with Gasteiger partial charge in [0, 0.05) is 5.69 Å². The summed E-state index contributed by atoms with van der Waals surface area (Å²) >= 11 is 6.10. The maximum Gasteiger partial charge on any atom is 0.198 e. The predicted octanol–water partition coefficient (Wildman–Crippen LogP) is 4.69. The van der Waals surface area contributed by atoms with E-state index >= 15 is 0 Å². The zero-order valence-corrected chi connectivity index (χ0v) is 13.6. The van der Waals surface area contributed by atoms with Crippen LogP contribution in [0.25, 0.3) is 0 Å². The van der Waals surface area contributed by atoms with Crippen LogP contribution in [0.2, 0.25) is 5.02 Å². The van der Waals surface area contributed by atoms with E-state index in [2.05, 4.69) is 29.4 Å². The summed E-state index contributed by atoms with van der Waals surface area (Å²) in [5, 5.41) is 3.67. The number of halogens is 2. The van der Waals surface area contributed by atoms with Crippen molar-refractivity contribution in [2.45, 2.75) is 20.3 Å². The van der Waals surface area contributed by atoms with Crippen LogP contribution in [0.15, 0.2) is 47.5 Å². The molecule has 0 aromatic heterocycles. The van der Waals surface area contributed by atoms with Crippen molar-refractivity contribution in [1.29, 1.82) is 0 Å². The van der Waals surface area contributed by atoms with Crippen molar-refractivity contribution in [3.05, 3.63) is 58.6 Å². The molecule has 0 aliphatic rings. The molecule has 0 bridgehead atoms. The van der Waals surface area contributed by atoms with Crippen LogP contribution in [-0.4, -0.2) is 5.96 Å². The average Bonchev–Trinajstić information content (AvgIpc) is 2.43. The minimum Gasteiger partial charge on any atom is -0.369 e. The topological polar surface area (TPSA) is 50.4 Å². The van der Waals surface area contributed by atoms with Gasteiger partial charge >= 0.3 is 0 Å². The van der Waals surface area contributed by atoms with Gasteiger partial charge in [0.1, 0.15) is 0 Å². The van der Waals surface area contributed by atoms with Crippen LogP contribution in [-0.2, 0) is 6.42 Å². The van der Waals surface area contributed by atoms with E-state index in [9.17, 15) is 0 Å². The number of nitrogens with two attached hydrogens (primary N) is 1. The molecule has 0 spiro atoms. The fourth-order valence-corrected chi connectivity index (χ4v) is 2.04. The SMILES string of the molecule is CCc1cccc(NC(N)=Nc2cc(C)ccc2Cl)c1.Cl. The quantitative estimate of drug-likeness (QED) is 0.635. The van der Waals surface area contributed by atoms with Crippen molar-refractivity contribution in [2.75, 3.05) is 5.32 Å². The molecule has 0 aliphatic carbocycles. The normalized spacial score (nSPS) is 10.9. The van der Waals surface area contributed by atoms with E-state index in [0.29, 0.717) is 16.7 Å². The Bertz CT molecular complexity index is 639. The summed E-state index contributed by atoms with van der Waals surface area (Å²) in [6.45, 7) is 4.10. The number of benzene rings is 2. The van der Waals surface area contributed by atoms with E-state index in [1.54, 1.807) is 0 Å². The van der Waals surface area contributed by atoms with Gasteiger partial charge in [0.05, 0.1) is 10.7 Å². The standard InChI is InChI=1S/C16H18ClN3.ClH/c1-3-12-5-4-6-13(10-12)19-16(18)20-15-9-11(2)7-8-14(15)17;/h4-10H,3H2,1-2H3,(H3,18,19,20);1H. The molecule has 21 heavy (non-hydrogen) atoms. The zero-order chi connectivity index (χ0) is 14.5. The lowest BCUT2D eigenvalue weighted by Gasteiger charge is -2.08. The lowest BCUT2D eigenvalue weighted by molar-refractivity contribution is 1.14. The number of nitrogens with zero attached hydrogens (tertiary/aromatic N) is 1. The third-order valence-electron chi connectivity index (χ3n) is 2.95. The van der Waals surface area contributed by atoms with Crippen LogP contribution in [0.1, 0.15) is 18.1 Å². The number of aliphatic imine (C=N–C) groups is 1. The average molecular weight is 324 g/mol. The molecule has 0 saturated carbocycles. The number of anilines is 1. The minimum atomic E-state index is 0. The van der Waals surface area contributed by atoms with Crippen LogP contribution in [0.4, 0.5) is 11.4 Å². The van der Waals surface area contributed by atoms with E-state index in [4.69, 9.17) is 17.3 Å². The second kappa shape index (κ2) is 7.91. The molecule has 0 amide bonds. The number of guanidine groups is 1. The molecule has 112 valence electrons. The molecular weight excluding hydrogens is 305 g/mol. The fourth-order valence-electron chi connectivity index (χ4n) is 1.88. The second-order valence-electron chi connectivity index (χ2n) is 4.63. The highest BCUT2D eigenvalue weighted by Crippen LogP contribution is 2.25. The van der Waals surface area contributed by atoms with Crippen LogP contribution in [0.3, 0.4) is 0 Å². The predicted molar refractivity (Wildman–Crippen MR) is 94.2 cm³/mol. The lowest BCUT2D eigenvalue weighted by atomic mass is 10.1. The Balaban J connectivity index is 0.00000220. The fraction of sp³-hybridized carbons (Fsp3) is 0.188. The highest BCUT2D eigenvalue weighted by molar-refractivity contribution is 6.33. The third-order valence-corrected chi connectivity index (χ3v) is 3.27. The van der Waals surface area contributed by atoms with Gasteiger partial charge in [-0.05, 0) is 48.7 Å². The summed E-state index contributed by atoms with van der Waals surface area (Å²) in [7, 11) is 0. The molecule has 0 heterocycles. The number of hydrogen-bond acceptors (Lipinski definition) is 1. The first kappa shape index (κ1) is 17.3. The summed E-state index contributed by atoms with van der Waals surface area (Å²) in [4.78, 5) is 4.32. The molecular formula is C16H19Cl2N3. The Labute approximate surface area is 136 Å². The Kier molecular flexibility index (Phi) is 6.53. The van der Waals surface area contributed by atoms with Gasteiger partial charge in [-0.15, -0.1) is 12.4 Å². The smallest absolute Gasteiger partial charge is 0.198 e. The van der Waals surface area contributed by atoms with Gasteiger partial charge in [-0.3, -0.25) is 0 Å². The van der Waals surface area contributed by atoms with E-state index in [0.717, 1.165) is 17.7 Å². The largest absolute Gasteiger partial charge is 0.369 e. The van der Waals surface area contributed by atoms with Gasteiger partial charge in [0.2, 0.25) is 0 Å². The number of hydrogen-bond donors (Lipinski definition) is 2. The van der Waals surface area contributed by atoms with Crippen molar-refractivity contribution in [2.24, 2.45) is 10.7 Å². The van der Waals surface area contributed by atoms with E-state index in [1.807, 2.05) is 37.3 Å². The highest BCUT2D eigenvalue weighted by Gasteiger charge is 2.01. The van der Waals surface area contributed by atoms with Crippen molar-refractivity contribution in [3.8, 4) is 0 Å². The number of rotatable bonds is 3. The summed E-state index contributed by atoms with van der Waals surface area (Å²) < 4.78 is 0. The number of aryl methyl sites for hydroxylation is 2. The number of nitrogens with one attached hydrogen (secondary N) is 1. The van der Waals surface area contributed by atoms with E-state index in [-0.39, 0.29) is 12.4 Å². The summed E-state index contributed by atoms with van der Waals surface area (Å²) in [5.41, 5.74) is 9.86. The van der Waals surface area contributed by atoms with Gasteiger partial charge in [0.15, 0.2) is 5.96 Å². The Morgan fingerprint density at radius 1 is 1.24 bits per heavy atom. The van der Waals surface area contributed by atoms with Gasteiger partial charge in [-0.25, -0.2) is 4.99 Å². The van der Waals surface area contributed by atoms with Crippen LogP contribution < -0.4 is 11.1 Å². The Morgan fingerprint density at radius 3 is 2.71 bits per heavy atom.